The first kappa shape index (κ1) is 15.8. The second-order valence-corrected chi connectivity index (χ2v) is 5.98. The molecule has 0 saturated carbocycles. The molecule has 0 bridgehead atoms. The second-order valence-electron chi connectivity index (χ2n) is 5.98. The molecular formula is C20H23NO2. The Morgan fingerprint density at radius 1 is 1.04 bits per heavy atom. The molecule has 1 fully saturated rings. The summed E-state index contributed by atoms with van der Waals surface area (Å²) >= 11 is 0. The smallest absolute Gasteiger partial charge is 0.256 e. The van der Waals surface area contributed by atoms with Crippen LogP contribution < -0.4 is 0 Å². The van der Waals surface area contributed by atoms with Gasteiger partial charge in [-0.1, -0.05) is 60.7 Å². The van der Waals surface area contributed by atoms with Crippen LogP contribution in [0.15, 0.2) is 60.7 Å². The number of nitrogens with zero attached hydrogens (tertiary/aromatic N) is 1. The molecule has 2 atom stereocenters. The van der Waals surface area contributed by atoms with Crippen LogP contribution in [-0.4, -0.2) is 24.5 Å². The second kappa shape index (κ2) is 7.42. The number of carbonyl (C=O) groups is 1. The summed E-state index contributed by atoms with van der Waals surface area (Å²) in [6.45, 7) is 0.797. The highest BCUT2D eigenvalue weighted by atomic mass is 16.5. The molecule has 3 nitrogen and oxygen atoms in total. The van der Waals surface area contributed by atoms with Crippen LogP contribution >= 0.6 is 0 Å². The maximum atomic E-state index is 13.1. The van der Waals surface area contributed by atoms with Gasteiger partial charge in [0.15, 0.2) is 6.10 Å². The van der Waals surface area contributed by atoms with Gasteiger partial charge in [-0.15, -0.1) is 0 Å². The largest absolute Gasteiger partial charge is 0.367 e. The number of amides is 1. The van der Waals surface area contributed by atoms with Crippen LogP contribution in [0.3, 0.4) is 0 Å². The van der Waals surface area contributed by atoms with E-state index in [1.165, 1.54) is 5.56 Å². The van der Waals surface area contributed by atoms with Crippen molar-refractivity contribution in [3.05, 3.63) is 71.8 Å². The molecular weight excluding hydrogens is 286 g/mol. The van der Waals surface area contributed by atoms with Crippen LogP contribution in [0.2, 0.25) is 0 Å². The summed E-state index contributed by atoms with van der Waals surface area (Å²) < 4.78 is 5.54. The lowest BCUT2D eigenvalue weighted by Crippen LogP contribution is -2.41. The molecule has 0 radical (unpaired) electrons. The Bertz CT molecular complexity index is 627. The van der Waals surface area contributed by atoms with Crippen LogP contribution in [0, 0.1) is 0 Å². The average molecular weight is 309 g/mol. The fourth-order valence-corrected chi connectivity index (χ4v) is 3.38. The van der Waals surface area contributed by atoms with E-state index in [9.17, 15) is 4.79 Å². The molecule has 1 amide bonds. The van der Waals surface area contributed by atoms with Gasteiger partial charge in [0.2, 0.25) is 0 Å². The van der Waals surface area contributed by atoms with Crippen molar-refractivity contribution in [3.8, 4) is 0 Å². The Balaban J connectivity index is 1.86. The van der Waals surface area contributed by atoms with Crippen molar-refractivity contribution in [1.82, 2.24) is 4.90 Å². The first-order valence-corrected chi connectivity index (χ1v) is 8.24. The number of methoxy groups -OCH3 is 1. The zero-order valence-electron chi connectivity index (χ0n) is 13.5. The van der Waals surface area contributed by atoms with Gasteiger partial charge in [-0.3, -0.25) is 4.79 Å². The van der Waals surface area contributed by atoms with Gasteiger partial charge in [0.1, 0.15) is 0 Å². The van der Waals surface area contributed by atoms with E-state index in [2.05, 4.69) is 12.1 Å². The zero-order valence-corrected chi connectivity index (χ0v) is 13.5. The minimum atomic E-state index is -0.527. The Morgan fingerprint density at radius 3 is 2.35 bits per heavy atom. The van der Waals surface area contributed by atoms with Crippen molar-refractivity contribution in [3.63, 3.8) is 0 Å². The first-order valence-electron chi connectivity index (χ1n) is 8.24. The Kier molecular flexibility index (Phi) is 5.09. The number of carbonyl (C=O) groups excluding carboxylic acids is 1. The Morgan fingerprint density at radius 2 is 1.70 bits per heavy atom. The molecule has 3 heteroatoms. The van der Waals surface area contributed by atoms with Gasteiger partial charge in [0, 0.05) is 13.7 Å². The highest BCUT2D eigenvalue weighted by Gasteiger charge is 2.33. The van der Waals surface area contributed by atoms with Gasteiger partial charge in [-0.25, -0.2) is 0 Å². The van der Waals surface area contributed by atoms with Crippen molar-refractivity contribution < 1.29 is 9.53 Å². The van der Waals surface area contributed by atoms with Crippen molar-refractivity contribution in [1.29, 1.82) is 0 Å². The molecule has 1 aliphatic heterocycles. The SMILES string of the molecule is CO[C@H](C(=O)N1CCCC[C@@H]1c1ccccc1)c1ccccc1. The quantitative estimate of drug-likeness (QED) is 0.850. The number of hydrogen-bond acceptors (Lipinski definition) is 2. The zero-order chi connectivity index (χ0) is 16.1. The lowest BCUT2D eigenvalue weighted by atomic mass is 9.94. The third kappa shape index (κ3) is 3.45. The number of piperidine rings is 1. The van der Waals surface area contributed by atoms with Gasteiger partial charge < -0.3 is 9.64 Å². The summed E-state index contributed by atoms with van der Waals surface area (Å²) in [6.07, 6.45) is 2.70. The molecule has 3 rings (SSSR count). The average Bonchev–Trinajstić information content (AvgIpc) is 2.64. The predicted molar refractivity (Wildman–Crippen MR) is 90.9 cm³/mol. The van der Waals surface area contributed by atoms with E-state index >= 15 is 0 Å². The minimum Gasteiger partial charge on any atom is -0.367 e. The fraction of sp³-hybridized carbons (Fsp3) is 0.350. The van der Waals surface area contributed by atoms with E-state index < -0.39 is 6.10 Å². The lowest BCUT2D eigenvalue weighted by molar-refractivity contribution is -0.146. The maximum absolute atomic E-state index is 13.1. The Labute approximate surface area is 137 Å². The fourth-order valence-electron chi connectivity index (χ4n) is 3.38. The normalized spacial score (nSPS) is 19.3. The topological polar surface area (TPSA) is 29.5 Å². The summed E-state index contributed by atoms with van der Waals surface area (Å²) in [7, 11) is 1.61. The van der Waals surface area contributed by atoms with E-state index in [1.54, 1.807) is 7.11 Å². The monoisotopic (exact) mass is 309 g/mol. The predicted octanol–water partition coefficient (Wildman–Crippen LogP) is 4.13. The lowest BCUT2D eigenvalue weighted by Gasteiger charge is -2.38. The van der Waals surface area contributed by atoms with E-state index in [4.69, 9.17) is 4.74 Å². The maximum Gasteiger partial charge on any atom is 0.256 e. The van der Waals surface area contributed by atoms with Crippen LogP contribution in [0.25, 0.3) is 0 Å². The Hall–Kier alpha value is -2.13. The van der Waals surface area contributed by atoms with Gasteiger partial charge in [-0.05, 0) is 30.4 Å². The van der Waals surface area contributed by atoms with Crippen molar-refractivity contribution in [2.24, 2.45) is 0 Å². The minimum absolute atomic E-state index is 0.0623. The molecule has 120 valence electrons. The van der Waals surface area contributed by atoms with E-state index in [-0.39, 0.29) is 11.9 Å². The number of likely N-dealkylation sites (tertiary alicyclic amines) is 1. The van der Waals surface area contributed by atoms with Gasteiger partial charge in [0.25, 0.3) is 5.91 Å². The molecule has 0 aliphatic carbocycles. The van der Waals surface area contributed by atoms with Crippen molar-refractivity contribution in [2.75, 3.05) is 13.7 Å². The number of hydrogen-bond donors (Lipinski definition) is 0. The third-order valence-electron chi connectivity index (χ3n) is 4.53. The molecule has 1 aliphatic rings. The summed E-state index contributed by atoms with van der Waals surface area (Å²) in [4.78, 5) is 15.1. The number of benzene rings is 2. The summed E-state index contributed by atoms with van der Waals surface area (Å²) in [5.74, 6) is 0.0623. The molecule has 0 aromatic heterocycles. The van der Waals surface area contributed by atoms with Crippen LogP contribution in [0.5, 0.6) is 0 Å². The molecule has 2 aromatic carbocycles. The van der Waals surface area contributed by atoms with E-state index in [0.717, 1.165) is 31.4 Å². The van der Waals surface area contributed by atoms with Crippen LogP contribution in [0.1, 0.15) is 42.5 Å². The van der Waals surface area contributed by atoms with Gasteiger partial charge >= 0.3 is 0 Å². The molecule has 0 N–H and O–H groups in total. The first-order chi connectivity index (χ1) is 11.3. The molecule has 1 heterocycles. The molecule has 1 saturated heterocycles. The molecule has 23 heavy (non-hydrogen) atoms. The highest BCUT2D eigenvalue weighted by molar-refractivity contribution is 5.83. The summed E-state index contributed by atoms with van der Waals surface area (Å²) in [6, 6.07) is 20.2. The van der Waals surface area contributed by atoms with Crippen LogP contribution in [0.4, 0.5) is 0 Å². The van der Waals surface area contributed by atoms with E-state index in [1.807, 2.05) is 53.4 Å². The standard InChI is InChI=1S/C20H23NO2/c1-23-19(17-12-6-3-7-13-17)20(22)21-15-9-8-14-18(21)16-10-4-2-5-11-16/h2-7,10-13,18-19H,8-9,14-15H2,1H3/t18-,19+/m1/s1. The molecule has 2 aromatic rings. The highest BCUT2D eigenvalue weighted by Crippen LogP contribution is 2.33. The summed E-state index contributed by atoms with van der Waals surface area (Å²) in [5.41, 5.74) is 2.13. The third-order valence-corrected chi connectivity index (χ3v) is 4.53. The summed E-state index contributed by atoms with van der Waals surface area (Å²) in [5, 5.41) is 0. The molecule has 0 unspecified atom stereocenters. The van der Waals surface area contributed by atoms with Crippen molar-refractivity contribution >= 4 is 5.91 Å². The molecule has 0 spiro atoms. The van der Waals surface area contributed by atoms with Crippen LogP contribution in [-0.2, 0) is 9.53 Å². The number of ether oxygens (including phenoxy) is 1. The number of rotatable bonds is 4. The van der Waals surface area contributed by atoms with E-state index in [0.29, 0.717) is 0 Å². The van der Waals surface area contributed by atoms with Gasteiger partial charge in [-0.2, -0.15) is 0 Å². The van der Waals surface area contributed by atoms with Gasteiger partial charge in [0.05, 0.1) is 6.04 Å². The van der Waals surface area contributed by atoms with Crippen molar-refractivity contribution in [2.45, 2.75) is 31.4 Å².